The molecule has 210 valence electrons. The zero-order valence-corrected chi connectivity index (χ0v) is 23.8. The summed E-state index contributed by atoms with van der Waals surface area (Å²) in [7, 11) is -3.90. The SMILES string of the molecule is CC(C)C1=C[C@@]23CC[C@H]4[C@](C)(CCC[C@@]4(C)C(=O)O)[C@@H]2C[C@@H]1[C@H]1C(=O)N(c2ccc(S(N)(=O)=O)cc2)C(=O)[C@H]13. The summed E-state index contributed by atoms with van der Waals surface area (Å²) < 4.78 is 23.5. The van der Waals surface area contributed by atoms with Crippen LogP contribution in [0.25, 0.3) is 0 Å². The van der Waals surface area contributed by atoms with Gasteiger partial charge in [-0.15, -0.1) is 0 Å². The molecule has 5 aliphatic carbocycles. The zero-order valence-electron chi connectivity index (χ0n) is 23.0. The van der Waals surface area contributed by atoms with Crippen molar-refractivity contribution in [2.75, 3.05) is 4.90 Å². The van der Waals surface area contributed by atoms with E-state index in [0.717, 1.165) is 25.7 Å². The molecule has 9 heteroatoms. The maximum Gasteiger partial charge on any atom is 0.309 e. The number of sulfonamides is 1. The van der Waals surface area contributed by atoms with Crippen molar-refractivity contribution >= 4 is 33.5 Å². The molecule has 2 amide bonds. The Balaban J connectivity index is 1.46. The molecule has 0 unspecified atom stereocenters. The summed E-state index contributed by atoms with van der Waals surface area (Å²) in [5, 5.41) is 15.5. The summed E-state index contributed by atoms with van der Waals surface area (Å²) in [6.45, 7) is 8.46. The van der Waals surface area contributed by atoms with Crippen LogP contribution in [0.1, 0.15) is 66.2 Å². The minimum atomic E-state index is -3.90. The second-order valence-electron chi connectivity index (χ2n) is 13.5. The van der Waals surface area contributed by atoms with Crippen LogP contribution in [0.4, 0.5) is 5.69 Å². The van der Waals surface area contributed by atoms with Crippen LogP contribution in [0.2, 0.25) is 0 Å². The Labute approximate surface area is 230 Å². The molecule has 0 radical (unpaired) electrons. The molecule has 7 rings (SSSR count). The maximum absolute atomic E-state index is 14.3. The van der Waals surface area contributed by atoms with Crippen LogP contribution in [0.15, 0.2) is 40.8 Å². The van der Waals surface area contributed by atoms with Gasteiger partial charge in [-0.2, -0.15) is 0 Å². The summed E-state index contributed by atoms with van der Waals surface area (Å²) in [5.41, 5.74) is 0.0882. The van der Waals surface area contributed by atoms with Gasteiger partial charge in [0.05, 0.1) is 27.8 Å². The Bertz CT molecular complexity index is 1420. The normalized spacial score (nSPS) is 41.2. The number of aliphatic carboxylic acids is 1. The van der Waals surface area contributed by atoms with Crippen LogP contribution in [0, 0.1) is 51.8 Å². The summed E-state index contributed by atoms with van der Waals surface area (Å²) in [6.07, 6.45) is 7.01. The van der Waals surface area contributed by atoms with Crippen molar-refractivity contribution in [1.82, 2.24) is 0 Å². The molecule has 2 bridgehead atoms. The molecule has 1 aromatic rings. The van der Waals surface area contributed by atoms with E-state index >= 15 is 0 Å². The molecular weight excluding hydrogens is 516 g/mol. The van der Waals surface area contributed by atoms with Crippen molar-refractivity contribution < 1.29 is 27.9 Å². The number of imide groups is 1. The van der Waals surface area contributed by atoms with E-state index in [0.29, 0.717) is 18.5 Å². The lowest BCUT2D eigenvalue weighted by molar-refractivity contribution is -0.194. The van der Waals surface area contributed by atoms with E-state index in [-0.39, 0.29) is 45.8 Å². The summed E-state index contributed by atoms with van der Waals surface area (Å²) in [5.74, 6) is -1.80. The van der Waals surface area contributed by atoms with Gasteiger partial charge in [0.15, 0.2) is 0 Å². The van der Waals surface area contributed by atoms with Crippen molar-refractivity contribution in [1.29, 1.82) is 0 Å². The summed E-state index contributed by atoms with van der Waals surface area (Å²) in [4.78, 5) is 42.1. The third-order valence-corrected chi connectivity index (χ3v) is 12.5. The highest BCUT2D eigenvalue weighted by Gasteiger charge is 2.73. The molecule has 3 N–H and O–H groups in total. The maximum atomic E-state index is 14.3. The molecule has 1 aliphatic heterocycles. The highest BCUT2D eigenvalue weighted by atomic mass is 32.2. The zero-order chi connectivity index (χ0) is 28.3. The van der Waals surface area contributed by atoms with Gasteiger partial charge < -0.3 is 5.11 Å². The van der Waals surface area contributed by atoms with Crippen LogP contribution in [-0.4, -0.2) is 31.3 Å². The van der Waals surface area contributed by atoms with Crippen LogP contribution < -0.4 is 10.0 Å². The predicted octanol–water partition coefficient (Wildman–Crippen LogP) is 4.35. The first-order chi connectivity index (χ1) is 18.2. The average molecular weight is 555 g/mol. The molecule has 0 aromatic heterocycles. The van der Waals surface area contributed by atoms with Gasteiger partial charge >= 0.3 is 5.97 Å². The predicted molar refractivity (Wildman–Crippen MR) is 145 cm³/mol. The fourth-order valence-electron chi connectivity index (χ4n) is 10.00. The number of carbonyl (C=O) groups excluding carboxylic acids is 2. The molecule has 8 nitrogen and oxygen atoms in total. The van der Waals surface area contributed by atoms with E-state index in [4.69, 9.17) is 5.14 Å². The fourth-order valence-corrected chi connectivity index (χ4v) is 10.5. The topological polar surface area (TPSA) is 135 Å². The lowest BCUT2D eigenvalue weighted by Crippen LogP contribution is -2.65. The standard InChI is InChI=1S/C30H38N2O6S/c1-16(2)20-15-30-13-10-21-28(3,11-5-12-29(21,4)27(35)36)22(30)14-19(20)23-24(30)26(34)32(25(23)33)17-6-8-18(9-7-17)39(31,37)38/h6-9,15-16,19,21-24H,5,10-14H2,1-4H3,(H,35,36)(H2,31,37,38)/t19-,21-,22-,23+,24-,28-,29+,30-/m0/s1. The number of allylic oxidation sites excluding steroid dienone is 2. The smallest absolute Gasteiger partial charge is 0.309 e. The molecule has 3 saturated carbocycles. The van der Waals surface area contributed by atoms with E-state index in [2.05, 4.69) is 26.8 Å². The van der Waals surface area contributed by atoms with Gasteiger partial charge in [-0.1, -0.05) is 38.8 Å². The molecule has 4 fully saturated rings. The Morgan fingerprint density at radius 3 is 2.31 bits per heavy atom. The number of carboxylic acid groups (broad SMARTS) is 1. The van der Waals surface area contributed by atoms with Gasteiger partial charge in [-0.05, 0) is 92.4 Å². The van der Waals surface area contributed by atoms with E-state index < -0.39 is 38.7 Å². The highest BCUT2D eigenvalue weighted by Crippen LogP contribution is 2.74. The van der Waals surface area contributed by atoms with Crippen LogP contribution in [0.3, 0.4) is 0 Å². The molecule has 1 heterocycles. The highest BCUT2D eigenvalue weighted by molar-refractivity contribution is 7.89. The van der Waals surface area contributed by atoms with Crippen molar-refractivity contribution in [3.8, 4) is 0 Å². The van der Waals surface area contributed by atoms with Crippen molar-refractivity contribution in [3.63, 3.8) is 0 Å². The molecule has 1 spiro atoms. The first kappa shape index (κ1) is 26.7. The third-order valence-electron chi connectivity index (χ3n) is 11.6. The number of hydrogen-bond donors (Lipinski definition) is 2. The number of primary sulfonamides is 1. The second-order valence-corrected chi connectivity index (χ2v) is 15.1. The Kier molecular flexibility index (Phi) is 5.65. The summed E-state index contributed by atoms with van der Waals surface area (Å²) >= 11 is 0. The summed E-state index contributed by atoms with van der Waals surface area (Å²) in [6, 6.07) is 5.64. The number of carbonyl (C=O) groups is 3. The van der Waals surface area contributed by atoms with Crippen molar-refractivity contribution in [2.45, 2.75) is 71.1 Å². The minimum Gasteiger partial charge on any atom is -0.481 e. The van der Waals surface area contributed by atoms with E-state index in [9.17, 15) is 27.9 Å². The molecule has 39 heavy (non-hydrogen) atoms. The third kappa shape index (κ3) is 3.38. The number of anilines is 1. The van der Waals surface area contributed by atoms with Gasteiger partial charge in [0, 0.05) is 5.41 Å². The van der Waals surface area contributed by atoms with E-state index in [1.165, 1.54) is 34.7 Å². The van der Waals surface area contributed by atoms with Gasteiger partial charge in [-0.25, -0.2) is 13.6 Å². The lowest BCUT2D eigenvalue weighted by atomic mass is 9.34. The van der Waals surface area contributed by atoms with Gasteiger partial charge in [-0.3, -0.25) is 19.3 Å². The number of hydrogen-bond acceptors (Lipinski definition) is 5. The molecule has 1 saturated heterocycles. The molecule has 6 aliphatic rings. The van der Waals surface area contributed by atoms with Gasteiger partial charge in [0.1, 0.15) is 0 Å². The number of amides is 2. The molecule has 1 aromatic carbocycles. The lowest BCUT2D eigenvalue weighted by Gasteiger charge is -2.68. The first-order valence-corrected chi connectivity index (χ1v) is 15.7. The Hall–Kier alpha value is -2.52. The van der Waals surface area contributed by atoms with E-state index in [1.807, 2.05) is 6.92 Å². The van der Waals surface area contributed by atoms with Gasteiger partial charge in [0.2, 0.25) is 21.8 Å². The van der Waals surface area contributed by atoms with Gasteiger partial charge in [0.25, 0.3) is 0 Å². The molecular formula is C30H38N2O6S. The van der Waals surface area contributed by atoms with E-state index in [1.54, 1.807) is 0 Å². The number of nitrogens with zero attached hydrogens (tertiary/aromatic N) is 1. The minimum absolute atomic E-state index is 0.0228. The number of carboxylic acids is 1. The van der Waals surface area contributed by atoms with Crippen LogP contribution in [-0.2, 0) is 24.4 Å². The molecule has 8 atom stereocenters. The monoisotopic (exact) mass is 554 g/mol. The number of nitrogens with two attached hydrogens (primary N) is 1. The largest absolute Gasteiger partial charge is 0.481 e. The number of benzene rings is 1. The van der Waals surface area contributed by atoms with Crippen molar-refractivity contribution in [2.24, 2.45) is 56.9 Å². The Morgan fingerprint density at radius 2 is 1.72 bits per heavy atom. The first-order valence-electron chi connectivity index (χ1n) is 14.1. The quantitative estimate of drug-likeness (QED) is 0.420. The fraction of sp³-hybridized carbons (Fsp3) is 0.633. The van der Waals surface area contributed by atoms with Crippen LogP contribution >= 0.6 is 0 Å². The number of rotatable bonds is 4. The van der Waals surface area contributed by atoms with Crippen molar-refractivity contribution in [3.05, 3.63) is 35.9 Å². The van der Waals surface area contributed by atoms with Crippen LogP contribution in [0.5, 0.6) is 0 Å². The number of fused-ring (bicyclic) bond motifs is 1. The average Bonchev–Trinajstić information content (AvgIpc) is 3.14. The second kappa shape index (κ2) is 8.26. The Morgan fingerprint density at radius 1 is 1.05 bits per heavy atom.